The molecule has 0 radical (unpaired) electrons. The van der Waals surface area contributed by atoms with Crippen LogP contribution in [0.2, 0.25) is 0 Å². The molecule has 3 heteroatoms. The number of hydrogen-bond acceptors (Lipinski definition) is 3. The lowest BCUT2D eigenvalue weighted by Gasteiger charge is -2.17. The van der Waals surface area contributed by atoms with Gasteiger partial charge in [-0.2, -0.15) is 0 Å². The minimum absolute atomic E-state index is 0.0275. The molecule has 2 unspecified atom stereocenters. The molecule has 0 aromatic carbocycles. The van der Waals surface area contributed by atoms with Crippen molar-refractivity contribution in [3.63, 3.8) is 0 Å². The number of aryl methyl sites for hydroxylation is 1. The first-order chi connectivity index (χ1) is 7.61. The molecular weight excluding hydrogens is 202 g/mol. The maximum Gasteiger partial charge on any atom is 0.170 e. The van der Waals surface area contributed by atoms with Gasteiger partial charge >= 0.3 is 0 Å². The highest BCUT2D eigenvalue weighted by Crippen LogP contribution is 2.33. The monoisotopic (exact) mass is 219 g/mol. The molecule has 0 saturated heterocycles. The Bertz CT molecular complexity index is 401. The summed E-state index contributed by atoms with van der Waals surface area (Å²) in [4.78, 5) is 16.3. The van der Waals surface area contributed by atoms with Gasteiger partial charge in [-0.05, 0) is 30.4 Å². The fourth-order valence-corrected chi connectivity index (χ4v) is 2.22. The Morgan fingerprint density at radius 1 is 1.56 bits per heavy atom. The normalized spacial score (nSPS) is 20.9. The number of fused-ring (bicyclic) bond motifs is 1. The summed E-state index contributed by atoms with van der Waals surface area (Å²) in [6, 6.07) is 3.90. The lowest BCUT2D eigenvalue weighted by atomic mass is 9.91. The molecule has 0 amide bonds. The molecule has 16 heavy (non-hydrogen) atoms. The second-order valence-electron chi connectivity index (χ2n) is 4.73. The van der Waals surface area contributed by atoms with Crippen LogP contribution < -0.4 is 0 Å². The van der Waals surface area contributed by atoms with Gasteiger partial charge in [0.25, 0.3) is 0 Å². The van der Waals surface area contributed by atoms with Gasteiger partial charge in [0.05, 0.1) is 11.6 Å². The lowest BCUT2D eigenvalue weighted by Crippen LogP contribution is -2.30. The van der Waals surface area contributed by atoms with Gasteiger partial charge in [0.15, 0.2) is 5.78 Å². The average Bonchev–Trinajstić information content (AvgIpc) is 2.70. The van der Waals surface area contributed by atoms with Gasteiger partial charge < -0.3 is 5.11 Å². The van der Waals surface area contributed by atoms with Crippen molar-refractivity contribution in [2.75, 3.05) is 0 Å². The second kappa shape index (κ2) is 4.34. The highest BCUT2D eigenvalue weighted by atomic mass is 16.3. The van der Waals surface area contributed by atoms with E-state index in [-0.39, 0.29) is 17.6 Å². The zero-order chi connectivity index (χ0) is 11.7. The predicted octanol–water partition coefficient (Wildman–Crippen LogP) is 1.70. The quantitative estimate of drug-likeness (QED) is 0.841. The van der Waals surface area contributed by atoms with E-state index in [2.05, 4.69) is 4.98 Å². The fraction of sp³-hybridized carbons (Fsp3) is 0.538. The van der Waals surface area contributed by atoms with Crippen LogP contribution in [0.3, 0.4) is 0 Å². The smallest absolute Gasteiger partial charge is 0.170 e. The van der Waals surface area contributed by atoms with Crippen molar-refractivity contribution in [3.8, 4) is 0 Å². The van der Waals surface area contributed by atoms with Gasteiger partial charge in [-0.25, -0.2) is 0 Å². The van der Waals surface area contributed by atoms with E-state index in [9.17, 15) is 9.90 Å². The summed E-state index contributed by atoms with van der Waals surface area (Å²) < 4.78 is 0. The van der Waals surface area contributed by atoms with E-state index in [1.807, 2.05) is 26.0 Å². The van der Waals surface area contributed by atoms with Crippen LogP contribution in [-0.4, -0.2) is 22.0 Å². The van der Waals surface area contributed by atoms with Crippen molar-refractivity contribution in [2.45, 2.75) is 38.7 Å². The van der Waals surface area contributed by atoms with E-state index in [0.717, 1.165) is 24.1 Å². The van der Waals surface area contributed by atoms with Crippen LogP contribution >= 0.6 is 0 Å². The number of nitrogens with zero attached hydrogens (tertiary/aromatic N) is 1. The Balaban J connectivity index is 2.22. The molecule has 1 aliphatic carbocycles. The van der Waals surface area contributed by atoms with Gasteiger partial charge in [0, 0.05) is 6.20 Å². The van der Waals surface area contributed by atoms with Gasteiger partial charge in [-0.15, -0.1) is 0 Å². The van der Waals surface area contributed by atoms with E-state index < -0.39 is 6.10 Å². The van der Waals surface area contributed by atoms with Crippen LogP contribution in [0.1, 0.15) is 37.4 Å². The highest BCUT2D eigenvalue weighted by Gasteiger charge is 2.34. The third-order valence-corrected chi connectivity index (χ3v) is 3.22. The molecular formula is C13H17NO2. The number of carbonyl (C=O) groups excluding carboxylic acids is 1. The van der Waals surface area contributed by atoms with Crippen LogP contribution in [0.4, 0.5) is 0 Å². The molecule has 86 valence electrons. The number of carbonyl (C=O) groups is 1. The Labute approximate surface area is 95.5 Å². The summed E-state index contributed by atoms with van der Waals surface area (Å²) in [5.41, 5.74) is 2.02. The molecule has 3 nitrogen and oxygen atoms in total. The molecule has 2 rings (SSSR count). The molecule has 0 saturated carbocycles. The molecule has 0 aliphatic heterocycles. The molecule has 1 heterocycles. The first-order valence-electron chi connectivity index (χ1n) is 5.77. The number of Topliss-reactive ketones (excluding diaryl/α,β-unsaturated/α-hetero) is 1. The number of aliphatic hydroxyl groups is 1. The summed E-state index contributed by atoms with van der Waals surface area (Å²) in [5.74, 6) is -0.304. The Kier molecular flexibility index (Phi) is 3.06. The minimum Gasteiger partial charge on any atom is -0.385 e. The predicted molar refractivity (Wildman–Crippen MR) is 61.2 cm³/mol. The van der Waals surface area contributed by atoms with Gasteiger partial charge in [-0.3, -0.25) is 9.78 Å². The number of rotatable bonds is 3. The molecule has 0 bridgehead atoms. The zero-order valence-electron chi connectivity index (χ0n) is 9.68. The molecule has 1 aromatic heterocycles. The number of ketones is 1. The summed E-state index contributed by atoms with van der Waals surface area (Å²) >= 11 is 0. The molecule has 0 fully saturated rings. The largest absolute Gasteiger partial charge is 0.385 e. The first kappa shape index (κ1) is 11.3. The average molecular weight is 219 g/mol. The molecule has 0 spiro atoms. The third kappa shape index (κ3) is 1.87. The lowest BCUT2D eigenvalue weighted by molar-refractivity contribution is -0.130. The van der Waals surface area contributed by atoms with Gasteiger partial charge in [0.2, 0.25) is 0 Å². The molecule has 1 aliphatic rings. The number of hydrogen-bond donors (Lipinski definition) is 1. The Morgan fingerprint density at radius 3 is 3.00 bits per heavy atom. The second-order valence-corrected chi connectivity index (χ2v) is 4.73. The minimum atomic E-state index is -0.863. The highest BCUT2D eigenvalue weighted by molar-refractivity contribution is 5.90. The van der Waals surface area contributed by atoms with Gasteiger partial charge in [0.1, 0.15) is 6.10 Å². The van der Waals surface area contributed by atoms with Crippen LogP contribution in [0.5, 0.6) is 0 Å². The van der Waals surface area contributed by atoms with Crippen LogP contribution in [0.15, 0.2) is 18.3 Å². The van der Waals surface area contributed by atoms with Crippen molar-refractivity contribution in [3.05, 3.63) is 29.6 Å². The summed E-state index contributed by atoms with van der Waals surface area (Å²) in [7, 11) is 0. The maximum absolute atomic E-state index is 12.1. The zero-order valence-corrected chi connectivity index (χ0v) is 9.68. The standard InChI is InChI=1S/C13H17NO2/c1-8(2)12(15)13(16)10-6-5-9-4-3-7-14-11(9)10/h3-4,7-8,10,12,15H,5-6H2,1-2H3. The topological polar surface area (TPSA) is 50.2 Å². The van der Waals surface area contributed by atoms with E-state index >= 15 is 0 Å². The van der Waals surface area contributed by atoms with E-state index in [4.69, 9.17) is 0 Å². The number of aromatic nitrogens is 1. The Hall–Kier alpha value is -1.22. The van der Waals surface area contributed by atoms with Crippen molar-refractivity contribution < 1.29 is 9.90 Å². The maximum atomic E-state index is 12.1. The third-order valence-electron chi connectivity index (χ3n) is 3.22. The van der Waals surface area contributed by atoms with Crippen molar-refractivity contribution in [1.29, 1.82) is 0 Å². The summed E-state index contributed by atoms with van der Waals surface area (Å²) in [6.07, 6.45) is 2.53. The Morgan fingerprint density at radius 2 is 2.31 bits per heavy atom. The van der Waals surface area contributed by atoms with Gasteiger partial charge in [-0.1, -0.05) is 19.9 Å². The number of aliphatic hydroxyl groups excluding tert-OH is 1. The summed E-state index contributed by atoms with van der Waals surface area (Å²) in [6.45, 7) is 3.72. The molecule has 2 atom stereocenters. The van der Waals surface area contributed by atoms with Crippen molar-refractivity contribution >= 4 is 5.78 Å². The molecule has 1 N–H and O–H groups in total. The van der Waals surface area contributed by atoms with Crippen molar-refractivity contribution in [2.24, 2.45) is 5.92 Å². The van der Waals surface area contributed by atoms with E-state index in [1.165, 1.54) is 0 Å². The molecule has 1 aromatic rings. The fourth-order valence-electron chi connectivity index (χ4n) is 2.22. The van der Waals surface area contributed by atoms with E-state index in [0.29, 0.717) is 0 Å². The summed E-state index contributed by atoms with van der Waals surface area (Å²) in [5, 5.41) is 9.80. The van der Waals surface area contributed by atoms with E-state index in [1.54, 1.807) is 6.20 Å². The van der Waals surface area contributed by atoms with Crippen LogP contribution in [-0.2, 0) is 11.2 Å². The number of pyridine rings is 1. The van der Waals surface area contributed by atoms with Crippen molar-refractivity contribution in [1.82, 2.24) is 4.98 Å². The SMILES string of the molecule is CC(C)C(O)C(=O)C1CCc2cccnc21. The van der Waals surface area contributed by atoms with Crippen LogP contribution in [0.25, 0.3) is 0 Å². The first-order valence-corrected chi connectivity index (χ1v) is 5.77. The van der Waals surface area contributed by atoms with Crippen LogP contribution in [0, 0.1) is 5.92 Å².